The molecule has 0 bridgehead atoms. The van der Waals surface area contributed by atoms with E-state index < -0.39 is 0 Å². The standard InChI is InChI=1S/C27H36N2.C20H26N.Au/c1-18(2)22-11-9-12-23(19(3)4)26(22)28-15-16-29(17-28)27-24(20(5)6)13-10-14-25(27)21(7)8;1-19(2,3)15-7-11-17(12-8-15)21-18-13-9-16(10-14-18)20(4,5)6;/h9-16,18-21H,1-8H3;7-14H,1-6H3;/q+2;-1;+1. The molecule has 4 aromatic carbocycles. The van der Waals surface area contributed by atoms with E-state index in [1.807, 2.05) is 0 Å². The summed E-state index contributed by atoms with van der Waals surface area (Å²) in [6.07, 6.45) is 4.32. The van der Waals surface area contributed by atoms with Gasteiger partial charge in [-0.15, -0.1) is 11.4 Å². The SMILES string of the molecule is CC(C)(C)c1ccc([N-]c2ccc(C(C)(C)C)cc2)cc1.CC(C)c1cccc(C(C)C)c1[N+]1=C=[N+](c2c(C(C)C)cccc2C(C)C)C=C1.[Au+]. The van der Waals surface area contributed by atoms with Gasteiger partial charge < -0.3 is 5.32 Å². The second kappa shape index (κ2) is 17.4. The summed E-state index contributed by atoms with van der Waals surface area (Å²) in [4.78, 5) is 0. The molecular formula is C47H62AuN3+2. The first-order chi connectivity index (χ1) is 23.4. The summed E-state index contributed by atoms with van der Waals surface area (Å²) in [7, 11) is 0. The first-order valence-corrected chi connectivity index (χ1v) is 18.6. The first-order valence-electron chi connectivity index (χ1n) is 18.6. The summed E-state index contributed by atoms with van der Waals surface area (Å²) < 4.78 is 4.40. The Morgan fingerprint density at radius 2 is 0.725 bits per heavy atom. The molecule has 0 fully saturated rings. The van der Waals surface area contributed by atoms with Crippen LogP contribution in [0.15, 0.2) is 97.3 Å². The fraction of sp³-hybridized carbons (Fsp3) is 0.426. The van der Waals surface area contributed by atoms with Crippen LogP contribution in [0.5, 0.6) is 0 Å². The Bertz CT molecular complexity index is 1670. The molecule has 1 heterocycles. The summed E-state index contributed by atoms with van der Waals surface area (Å²) in [6, 6.07) is 34.1. The van der Waals surface area contributed by atoms with Crippen molar-refractivity contribution in [3.8, 4) is 0 Å². The molecular weight excluding hydrogens is 804 g/mol. The maximum Gasteiger partial charge on any atom is 1.00 e. The van der Waals surface area contributed by atoms with Crippen LogP contribution in [-0.2, 0) is 33.2 Å². The van der Waals surface area contributed by atoms with Gasteiger partial charge in [0.1, 0.15) is 0 Å². The minimum absolute atomic E-state index is 0. The molecule has 4 aromatic rings. The molecule has 0 radical (unpaired) electrons. The van der Waals surface area contributed by atoms with Gasteiger partial charge in [-0.05, 0) is 45.6 Å². The van der Waals surface area contributed by atoms with Crippen LogP contribution in [0.2, 0.25) is 0 Å². The van der Waals surface area contributed by atoms with Crippen LogP contribution in [0.4, 0.5) is 22.7 Å². The van der Waals surface area contributed by atoms with Gasteiger partial charge in [0.25, 0.3) is 12.4 Å². The quantitative estimate of drug-likeness (QED) is 0.124. The summed E-state index contributed by atoms with van der Waals surface area (Å²) >= 11 is 0. The van der Waals surface area contributed by atoms with Gasteiger partial charge in [-0.1, -0.05) is 191 Å². The second-order valence-electron chi connectivity index (χ2n) is 17.0. The summed E-state index contributed by atoms with van der Waals surface area (Å²) in [5, 5.41) is 4.69. The molecule has 0 amide bonds. The Morgan fingerprint density at radius 3 is 0.961 bits per heavy atom. The van der Waals surface area contributed by atoms with Crippen molar-refractivity contribution in [2.24, 2.45) is 0 Å². The first kappa shape index (κ1) is 42.0. The summed E-state index contributed by atoms with van der Waals surface area (Å²) in [6.45, 7) is 31.5. The Kier molecular flexibility index (Phi) is 14.3. The van der Waals surface area contributed by atoms with Gasteiger partial charge in [-0.25, -0.2) is 0 Å². The van der Waals surface area contributed by atoms with Crippen molar-refractivity contribution >= 4 is 28.8 Å². The molecule has 0 spiro atoms. The van der Waals surface area contributed by atoms with Crippen molar-refractivity contribution in [3.05, 3.63) is 136 Å². The number of rotatable bonds is 8. The van der Waals surface area contributed by atoms with E-state index in [-0.39, 0.29) is 33.2 Å². The van der Waals surface area contributed by atoms with Gasteiger partial charge in [0, 0.05) is 22.3 Å². The maximum absolute atomic E-state index is 4.69. The van der Waals surface area contributed by atoms with E-state index >= 15 is 0 Å². The van der Waals surface area contributed by atoms with Crippen LogP contribution in [0, 0.1) is 0 Å². The minimum Gasteiger partial charge on any atom is -0.658 e. The fourth-order valence-electron chi connectivity index (χ4n) is 6.37. The number of para-hydroxylation sites is 2. The van der Waals surface area contributed by atoms with Crippen LogP contribution in [0.1, 0.15) is 154 Å². The smallest absolute Gasteiger partial charge is 0.658 e. The molecule has 0 N–H and O–H groups in total. The molecule has 51 heavy (non-hydrogen) atoms. The third kappa shape index (κ3) is 10.6. The molecule has 4 heteroatoms. The molecule has 3 nitrogen and oxygen atoms in total. The number of hydrogen-bond acceptors (Lipinski definition) is 0. The van der Waals surface area contributed by atoms with Crippen LogP contribution in [-0.4, -0.2) is 15.2 Å². The molecule has 5 rings (SSSR count). The fourth-order valence-corrected chi connectivity index (χ4v) is 6.37. The molecule has 0 saturated carbocycles. The van der Waals surface area contributed by atoms with E-state index in [1.54, 1.807) is 0 Å². The van der Waals surface area contributed by atoms with Crippen LogP contribution >= 0.6 is 0 Å². The van der Waals surface area contributed by atoms with Gasteiger partial charge in [0.2, 0.25) is 11.4 Å². The van der Waals surface area contributed by atoms with Gasteiger partial charge in [-0.3, -0.25) is 0 Å². The third-order valence-corrected chi connectivity index (χ3v) is 9.47. The van der Waals surface area contributed by atoms with Gasteiger partial charge in [0.15, 0.2) is 0 Å². The zero-order chi connectivity index (χ0) is 37.0. The van der Waals surface area contributed by atoms with Crippen LogP contribution in [0.3, 0.4) is 0 Å². The second-order valence-corrected chi connectivity index (χ2v) is 17.0. The van der Waals surface area contributed by atoms with E-state index in [2.05, 4.69) is 215 Å². The molecule has 0 unspecified atom stereocenters. The third-order valence-electron chi connectivity index (χ3n) is 9.47. The Balaban J connectivity index is 0.000000284. The molecule has 274 valence electrons. The van der Waals surface area contributed by atoms with Crippen molar-refractivity contribution in [1.29, 1.82) is 0 Å². The Morgan fingerprint density at radius 1 is 0.451 bits per heavy atom. The maximum atomic E-state index is 4.69. The van der Waals surface area contributed by atoms with Crippen molar-refractivity contribution in [2.75, 3.05) is 0 Å². The average molecular weight is 866 g/mol. The van der Waals surface area contributed by atoms with E-state index in [0.29, 0.717) is 23.7 Å². The molecule has 1 aliphatic rings. The van der Waals surface area contributed by atoms with E-state index in [9.17, 15) is 0 Å². The zero-order valence-electron chi connectivity index (χ0n) is 33.7. The molecule has 0 aromatic heterocycles. The van der Waals surface area contributed by atoms with Crippen LogP contribution in [0.25, 0.3) is 5.32 Å². The topological polar surface area (TPSA) is 20.1 Å². The predicted molar refractivity (Wildman–Crippen MR) is 216 cm³/mol. The largest absolute Gasteiger partial charge is 1.00 e. The minimum atomic E-state index is 0. The molecule has 1 aliphatic heterocycles. The summed E-state index contributed by atoms with van der Waals surface area (Å²) in [5.74, 6) is 1.84. The Hall–Kier alpha value is -3.46. The number of benzene rings is 4. The number of nitrogens with zero attached hydrogens (tertiary/aromatic N) is 3. The average Bonchev–Trinajstić information content (AvgIpc) is 3.53. The van der Waals surface area contributed by atoms with E-state index in [4.69, 9.17) is 0 Å². The van der Waals surface area contributed by atoms with Crippen molar-refractivity contribution in [3.63, 3.8) is 0 Å². The van der Waals surface area contributed by atoms with Gasteiger partial charge in [0.05, 0.1) is 0 Å². The van der Waals surface area contributed by atoms with Crippen molar-refractivity contribution in [1.82, 2.24) is 0 Å². The van der Waals surface area contributed by atoms with E-state index in [1.165, 1.54) is 44.8 Å². The van der Waals surface area contributed by atoms with Crippen LogP contribution < -0.4 is 0 Å². The van der Waals surface area contributed by atoms with Crippen molar-refractivity contribution < 1.29 is 31.5 Å². The predicted octanol–water partition coefficient (Wildman–Crippen LogP) is 14.4. The monoisotopic (exact) mass is 865 g/mol. The number of hydrogen-bond donors (Lipinski definition) is 0. The molecule has 0 aliphatic carbocycles. The van der Waals surface area contributed by atoms with Gasteiger partial charge in [-0.2, -0.15) is 0 Å². The zero-order valence-corrected chi connectivity index (χ0v) is 35.9. The van der Waals surface area contributed by atoms with Crippen molar-refractivity contribution in [2.45, 2.75) is 131 Å². The molecule has 0 saturated heterocycles. The Labute approximate surface area is 326 Å². The molecule has 0 atom stereocenters. The normalized spacial score (nSPS) is 12.9. The van der Waals surface area contributed by atoms with E-state index in [0.717, 1.165) is 11.4 Å². The summed E-state index contributed by atoms with van der Waals surface area (Å²) in [5.41, 5.74) is 13.1. The van der Waals surface area contributed by atoms with Gasteiger partial charge >= 0.3 is 28.4 Å².